The van der Waals surface area contributed by atoms with E-state index in [0.29, 0.717) is 49.8 Å². The molecule has 0 radical (unpaired) electrons. The highest BCUT2D eigenvalue weighted by atomic mass is 35.5. The zero-order valence-corrected chi connectivity index (χ0v) is 25.2. The van der Waals surface area contributed by atoms with Gasteiger partial charge >= 0.3 is 0 Å². The van der Waals surface area contributed by atoms with Gasteiger partial charge in [-0.1, -0.05) is 75.3 Å². The second-order valence-electron chi connectivity index (χ2n) is 9.91. The van der Waals surface area contributed by atoms with Gasteiger partial charge in [-0.2, -0.15) is 4.98 Å². The number of likely N-dealkylation sites (N-methyl/N-ethyl adjacent to an activating group) is 1. The summed E-state index contributed by atoms with van der Waals surface area (Å²) in [4.78, 5) is 6.84. The van der Waals surface area contributed by atoms with E-state index in [4.69, 9.17) is 72.7 Å². The first-order chi connectivity index (χ1) is 19.7. The van der Waals surface area contributed by atoms with E-state index in [0.717, 1.165) is 27.8 Å². The maximum absolute atomic E-state index is 9.08. The summed E-state index contributed by atoms with van der Waals surface area (Å²) in [6, 6.07) is 17.8. The molecule has 41 heavy (non-hydrogen) atoms. The van der Waals surface area contributed by atoms with Crippen LogP contribution in [0, 0.1) is 5.41 Å². The minimum atomic E-state index is -0.729. The molecule has 1 aromatic heterocycles. The Morgan fingerprint density at radius 1 is 0.854 bits per heavy atom. The maximum Gasteiger partial charge on any atom is 0.240 e. The number of hydrogen-bond donors (Lipinski definition) is 1. The summed E-state index contributed by atoms with van der Waals surface area (Å²) in [5, 5.41) is 15.9. The molecule has 1 N–H and O–H groups in total. The van der Waals surface area contributed by atoms with Crippen LogP contribution < -0.4 is 0 Å². The van der Waals surface area contributed by atoms with Crippen LogP contribution in [-0.4, -0.2) is 41.1 Å². The molecular formula is C30H21Cl5N4O2. The molecule has 2 atom stereocenters. The molecule has 0 aliphatic carbocycles. The third-order valence-corrected chi connectivity index (χ3v) is 8.44. The van der Waals surface area contributed by atoms with Crippen LogP contribution in [0.2, 0.25) is 25.1 Å². The quantitative estimate of drug-likeness (QED) is 0.239. The normalized spacial score (nSPS) is 20.3. The molecule has 0 spiro atoms. The van der Waals surface area contributed by atoms with Crippen molar-refractivity contribution >= 4 is 70.0 Å². The maximum atomic E-state index is 9.08. The molecule has 0 bridgehead atoms. The third kappa shape index (κ3) is 5.65. The van der Waals surface area contributed by atoms with Crippen molar-refractivity contribution in [3.8, 4) is 11.4 Å². The summed E-state index contributed by atoms with van der Waals surface area (Å²) >= 11 is 31.7. The van der Waals surface area contributed by atoms with Gasteiger partial charge in [-0.05, 0) is 78.4 Å². The van der Waals surface area contributed by atoms with Crippen molar-refractivity contribution in [2.24, 2.45) is 0 Å². The number of halogens is 5. The first kappa shape index (κ1) is 28.3. The molecule has 0 saturated carbocycles. The lowest BCUT2D eigenvalue weighted by Crippen LogP contribution is -2.39. The smallest absolute Gasteiger partial charge is 0.240 e. The van der Waals surface area contributed by atoms with Crippen molar-refractivity contribution in [1.82, 2.24) is 15.0 Å². The predicted molar refractivity (Wildman–Crippen MR) is 164 cm³/mol. The van der Waals surface area contributed by atoms with Crippen LogP contribution in [0.15, 0.2) is 82.1 Å². The lowest BCUT2D eigenvalue weighted by Gasteiger charge is -2.40. The van der Waals surface area contributed by atoms with E-state index in [1.165, 1.54) is 0 Å². The van der Waals surface area contributed by atoms with Gasteiger partial charge in [-0.25, -0.2) is 0 Å². The Hall–Kier alpha value is -2.84. The Morgan fingerprint density at radius 2 is 1.54 bits per heavy atom. The van der Waals surface area contributed by atoms with Crippen molar-refractivity contribution in [2.75, 3.05) is 20.1 Å². The van der Waals surface area contributed by atoms with E-state index in [1.54, 1.807) is 36.4 Å². The van der Waals surface area contributed by atoms with Crippen LogP contribution in [0.5, 0.6) is 0 Å². The summed E-state index contributed by atoms with van der Waals surface area (Å²) < 4.78 is 12.1. The highest BCUT2D eigenvalue weighted by Gasteiger charge is 2.45. The summed E-state index contributed by atoms with van der Waals surface area (Å²) in [5.74, 6) is 0.00714. The monoisotopic (exact) mass is 644 g/mol. The van der Waals surface area contributed by atoms with Crippen molar-refractivity contribution in [3.05, 3.63) is 120 Å². The molecule has 0 amide bonds. The SMILES string of the molecule is CN1CC(=Cc2ccc(Cl)cc2Cl)C2=C(C1)C(c1ccc(Cl)cc1Cl)C(c1nc(-c3ccc(Cl)cc3)no1)C(=N)O2. The van der Waals surface area contributed by atoms with Crippen molar-refractivity contribution in [1.29, 1.82) is 5.41 Å². The first-order valence-corrected chi connectivity index (χ1v) is 14.5. The second kappa shape index (κ2) is 11.4. The van der Waals surface area contributed by atoms with E-state index in [-0.39, 0.29) is 11.8 Å². The van der Waals surface area contributed by atoms with Crippen LogP contribution >= 0.6 is 58.0 Å². The summed E-state index contributed by atoms with van der Waals surface area (Å²) in [7, 11) is 2.02. The summed E-state index contributed by atoms with van der Waals surface area (Å²) in [5.41, 5.74) is 4.08. The Labute approximate surface area is 261 Å². The number of nitrogens with one attached hydrogen (secondary N) is 1. The molecule has 2 aliphatic rings. The highest BCUT2D eigenvalue weighted by Crippen LogP contribution is 2.49. The van der Waals surface area contributed by atoms with E-state index >= 15 is 0 Å². The molecule has 11 heteroatoms. The standard InChI is InChI=1S/C30H21Cl5N4O2/c1-39-13-17(10-16-4-7-19(32)11-23(16)34)27-22(14-39)25(21-9-8-20(33)12-24(21)35)26(28(36)40-27)30-37-29(38-41-30)15-2-5-18(31)6-3-15/h2-12,25-26,36H,13-14H2,1H3. The van der Waals surface area contributed by atoms with Crippen molar-refractivity contribution < 1.29 is 9.26 Å². The lowest BCUT2D eigenvalue weighted by molar-refractivity contribution is 0.270. The van der Waals surface area contributed by atoms with E-state index in [2.05, 4.69) is 15.0 Å². The molecule has 4 aromatic rings. The first-order valence-electron chi connectivity index (χ1n) is 12.6. The fourth-order valence-corrected chi connectivity index (χ4v) is 6.37. The van der Waals surface area contributed by atoms with Crippen molar-refractivity contribution in [2.45, 2.75) is 11.8 Å². The minimum absolute atomic E-state index is 0.0382. The molecule has 3 heterocycles. The minimum Gasteiger partial charge on any atom is -0.442 e. The molecule has 6 nitrogen and oxygen atoms in total. The second-order valence-corrected chi connectivity index (χ2v) is 12.0. The predicted octanol–water partition coefficient (Wildman–Crippen LogP) is 9.16. The molecular weight excluding hydrogens is 626 g/mol. The van der Waals surface area contributed by atoms with Crippen LogP contribution in [0.25, 0.3) is 17.5 Å². The van der Waals surface area contributed by atoms with Gasteiger partial charge in [0.2, 0.25) is 17.6 Å². The fourth-order valence-electron chi connectivity index (χ4n) is 5.25. The van der Waals surface area contributed by atoms with Crippen LogP contribution in [0.4, 0.5) is 0 Å². The Bertz CT molecular complexity index is 1730. The average Bonchev–Trinajstić information content (AvgIpc) is 3.40. The van der Waals surface area contributed by atoms with Crippen molar-refractivity contribution in [3.63, 3.8) is 0 Å². The van der Waals surface area contributed by atoms with Gasteiger partial charge in [0.15, 0.2) is 0 Å². The number of hydrogen-bond acceptors (Lipinski definition) is 6. The number of rotatable bonds is 4. The zero-order chi connectivity index (χ0) is 28.8. The van der Waals surface area contributed by atoms with E-state index in [9.17, 15) is 0 Å². The molecule has 0 saturated heterocycles. The number of benzene rings is 3. The fraction of sp³-hybridized carbons (Fsp3) is 0.167. The van der Waals surface area contributed by atoms with Gasteiger partial charge in [-0.15, -0.1) is 0 Å². The highest BCUT2D eigenvalue weighted by molar-refractivity contribution is 6.36. The van der Waals surface area contributed by atoms with Gasteiger partial charge in [0.1, 0.15) is 11.7 Å². The van der Waals surface area contributed by atoms with Crippen LogP contribution in [0.3, 0.4) is 0 Å². The summed E-state index contributed by atoms with van der Waals surface area (Å²) in [6.45, 7) is 1.14. The zero-order valence-electron chi connectivity index (χ0n) is 21.5. The van der Waals surface area contributed by atoms with E-state index in [1.807, 2.05) is 37.4 Å². The third-order valence-electron chi connectivity index (χ3n) is 7.07. The molecule has 6 rings (SSSR count). The van der Waals surface area contributed by atoms with Gasteiger partial charge < -0.3 is 9.26 Å². The summed E-state index contributed by atoms with van der Waals surface area (Å²) in [6.07, 6.45) is 1.96. The van der Waals surface area contributed by atoms with Gasteiger partial charge in [-0.3, -0.25) is 10.3 Å². The lowest BCUT2D eigenvalue weighted by atomic mass is 9.75. The number of ether oxygens (including phenoxy) is 1. The molecule has 2 unspecified atom stereocenters. The van der Waals surface area contributed by atoms with E-state index < -0.39 is 11.8 Å². The molecule has 2 aliphatic heterocycles. The Balaban J connectivity index is 1.51. The van der Waals surface area contributed by atoms with Gasteiger partial charge in [0, 0.05) is 55.3 Å². The average molecular weight is 647 g/mol. The largest absolute Gasteiger partial charge is 0.442 e. The van der Waals surface area contributed by atoms with Gasteiger partial charge in [0.05, 0.1) is 0 Å². The van der Waals surface area contributed by atoms with Gasteiger partial charge in [0.25, 0.3) is 0 Å². The number of aromatic nitrogens is 2. The van der Waals surface area contributed by atoms with Crippen LogP contribution in [-0.2, 0) is 4.74 Å². The molecule has 0 fully saturated rings. The Kier molecular flexibility index (Phi) is 7.90. The topological polar surface area (TPSA) is 75.2 Å². The van der Waals surface area contributed by atoms with Crippen LogP contribution in [0.1, 0.15) is 28.9 Å². The molecule has 208 valence electrons. The number of nitrogens with zero attached hydrogens (tertiary/aromatic N) is 3. The molecule has 3 aromatic carbocycles. The Morgan fingerprint density at radius 3 is 2.24 bits per heavy atom.